The highest BCUT2D eigenvalue weighted by atomic mass is 16.1. The highest BCUT2D eigenvalue weighted by Crippen LogP contribution is 2.28. The second-order valence-electron chi connectivity index (χ2n) is 7.78. The van der Waals surface area contributed by atoms with Gasteiger partial charge < -0.3 is 10.3 Å². The number of imidazole rings is 1. The van der Waals surface area contributed by atoms with Gasteiger partial charge in [0.25, 0.3) is 0 Å². The minimum Gasteiger partial charge on any atom is -0.384 e. The molecule has 5 nitrogen and oxygen atoms in total. The summed E-state index contributed by atoms with van der Waals surface area (Å²) >= 11 is 0. The van der Waals surface area contributed by atoms with E-state index in [2.05, 4.69) is 4.57 Å². The molecule has 1 heterocycles. The summed E-state index contributed by atoms with van der Waals surface area (Å²) in [4.78, 5) is 17.6. The predicted octanol–water partition coefficient (Wildman–Crippen LogP) is 4.21. The number of carbonyl (C=O) groups excluding carboxylic acids is 1. The van der Waals surface area contributed by atoms with Crippen LogP contribution in [0.2, 0.25) is 0 Å². The van der Waals surface area contributed by atoms with Gasteiger partial charge in [0.2, 0.25) is 0 Å². The third kappa shape index (κ3) is 3.57. The summed E-state index contributed by atoms with van der Waals surface area (Å²) in [6, 6.07) is 13.6. The van der Waals surface area contributed by atoms with E-state index in [1.165, 1.54) is 6.42 Å². The Labute approximate surface area is 165 Å². The van der Waals surface area contributed by atoms with Crippen LogP contribution in [0.4, 0.5) is 0 Å². The van der Waals surface area contributed by atoms with E-state index in [-0.39, 0.29) is 17.5 Å². The zero-order valence-corrected chi connectivity index (χ0v) is 16.2. The number of fused-ring (bicyclic) bond motifs is 1. The standard InChI is InChI=1S/C23H26N4O/c1-27-20-12-11-18(22(28)16-5-3-2-4-6-16)14-19(20)26-21(27)13-15-7-9-17(10-8-15)23(24)25/h7-12,14,16H,2-6,13H2,1H3,(H3,24,25). The Balaban J connectivity index is 1.59. The molecule has 0 amide bonds. The first-order valence-corrected chi connectivity index (χ1v) is 9.96. The zero-order valence-electron chi connectivity index (χ0n) is 16.2. The van der Waals surface area contributed by atoms with Crippen molar-refractivity contribution in [3.8, 4) is 0 Å². The Morgan fingerprint density at radius 1 is 1.11 bits per heavy atom. The molecular formula is C23H26N4O. The lowest BCUT2D eigenvalue weighted by molar-refractivity contribution is 0.0889. The molecule has 4 rings (SSSR count). The fourth-order valence-electron chi connectivity index (χ4n) is 4.15. The normalized spacial score (nSPS) is 15.0. The molecule has 0 spiro atoms. The molecule has 0 unspecified atom stereocenters. The summed E-state index contributed by atoms with van der Waals surface area (Å²) in [5.74, 6) is 1.47. The van der Waals surface area contributed by atoms with Crippen LogP contribution in [-0.2, 0) is 13.5 Å². The van der Waals surface area contributed by atoms with E-state index in [4.69, 9.17) is 16.1 Å². The van der Waals surface area contributed by atoms with E-state index in [9.17, 15) is 4.79 Å². The number of nitrogens with two attached hydrogens (primary N) is 1. The van der Waals surface area contributed by atoms with Crippen LogP contribution in [0, 0.1) is 11.3 Å². The van der Waals surface area contributed by atoms with Gasteiger partial charge in [-0.1, -0.05) is 43.5 Å². The average Bonchev–Trinajstić information content (AvgIpc) is 3.03. The number of aromatic nitrogens is 2. The third-order valence-electron chi connectivity index (χ3n) is 5.86. The van der Waals surface area contributed by atoms with Crippen molar-refractivity contribution >= 4 is 22.7 Å². The summed E-state index contributed by atoms with van der Waals surface area (Å²) < 4.78 is 2.09. The number of aryl methyl sites for hydroxylation is 1. The molecule has 0 bridgehead atoms. The topological polar surface area (TPSA) is 84.8 Å². The molecule has 1 aliphatic rings. The minimum absolute atomic E-state index is 0.0736. The van der Waals surface area contributed by atoms with Crippen LogP contribution in [0.1, 0.15) is 59.4 Å². The fraction of sp³-hybridized carbons (Fsp3) is 0.348. The van der Waals surface area contributed by atoms with Gasteiger partial charge in [-0.2, -0.15) is 0 Å². The number of rotatable bonds is 5. The van der Waals surface area contributed by atoms with Gasteiger partial charge >= 0.3 is 0 Å². The molecule has 28 heavy (non-hydrogen) atoms. The first kappa shape index (κ1) is 18.4. The van der Waals surface area contributed by atoms with Gasteiger partial charge in [-0.25, -0.2) is 4.98 Å². The molecule has 0 atom stereocenters. The molecule has 1 fully saturated rings. The van der Waals surface area contributed by atoms with Crippen molar-refractivity contribution in [3.63, 3.8) is 0 Å². The van der Waals surface area contributed by atoms with Crippen molar-refractivity contribution in [1.82, 2.24) is 9.55 Å². The van der Waals surface area contributed by atoms with Crippen LogP contribution in [0.5, 0.6) is 0 Å². The van der Waals surface area contributed by atoms with Crippen molar-refractivity contribution < 1.29 is 4.79 Å². The number of nitrogens with zero attached hydrogens (tertiary/aromatic N) is 2. The van der Waals surface area contributed by atoms with Crippen molar-refractivity contribution in [3.05, 3.63) is 65.0 Å². The number of Topliss-reactive ketones (excluding diaryl/α,β-unsaturated/α-hetero) is 1. The van der Waals surface area contributed by atoms with E-state index >= 15 is 0 Å². The number of hydrogen-bond donors (Lipinski definition) is 2. The van der Waals surface area contributed by atoms with E-state index in [0.29, 0.717) is 6.42 Å². The predicted molar refractivity (Wildman–Crippen MR) is 112 cm³/mol. The van der Waals surface area contributed by atoms with Crippen molar-refractivity contribution in [2.24, 2.45) is 18.7 Å². The van der Waals surface area contributed by atoms with Gasteiger partial charge in [-0.15, -0.1) is 0 Å². The molecule has 144 valence electrons. The lowest BCUT2D eigenvalue weighted by Crippen LogP contribution is -2.17. The van der Waals surface area contributed by atoms with Gasteiger partial charge in [0, 0.05) is 30.5 Å². The summed E-state index contributed by atoms with van der Waals surface area (Å²) in [6.07, 6.45) is 6.29. The lowest BCUT2D eigenvalue weighted by atomic mass is 9.84. The quantitative estimate of drug-likeness (QED) is 0.398. The van der Waals surface area contributed by atoms with Gasteiger partial charge in [0.05, 0.1) is 11.0 Å². The number of nitrogen functional groups attached to an aromatic ring is 1. The van der Waals surface area contributed by atoms with Crippen LogP contribution < -0.4 is 5.73 Å². The maximum atomic E-state index is 12.9. The summed E-state index contributed by atoms with van der Waals surface area (Å²) in [5, 5.41) is 7.50. The molecule has 5 heteroatoms. The average molecular weight is 374 g/mol. The minimum atomic E-state index is 0.0736. The van der Waals surface area contributed by atoms with Gasteiger partial charge in [0.1, 0.15) is 11.7 Å². The van der Waals surface area contributed by atoms with Gasteiger partial charge in [0.15, 0.2) is 5.78 Å². The first-order valence-electron chi connectivity index (χ1n) is 9.96. The SMILES string of the molecule is Cn1c(Cc2ccc(C(=N)N)cc2)nc2cc(C(=O)C3CCCCC3)ccc21. The van der Waals surface area contributed by atoms with Crippen LogP contribution in [0.3, 0.4) is 0 Å². The maximum Gasteiger partial charge on any atom is 0.166 e. The number of benzene rings is 2. The lowest BCUT2D eigenvalue weighted by Gasteiger charge is -2.20. The Kier molecular flexibility index (Phi) is 4.99. The molecule has 0 aliphatic heterocycles. The highest BCUT2D eigenvalue weighted by Gasteiger charge is 2.23. The van der Waals surface area contributed by atoms with Gasteiger partial charge in [-0.3, -0.25) is 10.2 Å². The van der Waals surface area contributed by atoms with Crippen LogP contribution >= 0.6 is 0 Å². The van der Waals surface area contributed by atoms with Crippen molar-refractivity contribution in [2.45, 2.75) is 38.5 Å². The molecule has 0 saturated heterocycles. The molecule has 1 saturated carbocycles. The maximum absolute atomic E-state index is 12.9. The van der Waals surface area contributed by atoms with Crippen LogP contribution in [0.25, 0.3) is 11.0 Å². The van der Waals surface area contributed by atoms with Crippen LogP contribution in [0.15, 0.2) is 42.5 Å². The molecule has 0 radical (unpaired) electrons. The Bertz CT molecular complexity index is 1030. The first-order chi connectivity index (χ1) is 13.5. The molecule has 1 aromatic heterocycles. The van der Waals surface area contributed by atoms with E-state index < -0.39 is 0 Å². The second kappa shape index (κ2) is 7.58. The number of amidine groups is 1. The zero-order chi connectivity index (χ0) is 19.7. The van der Waals surface area contributed by atoms with Crippen molar-refractivity contribution in [2.75, 3.05) is 0 Å². The monoisotopic (exact) mass is 374 g/mol. The largest absolute Gasteiger partial charge is 0.384 e. The second-order valence-corrected chi connectivity index (χ2v) is 7.78. The van der Waals surface area contributed by atoms with E-state index in [0.717, 1.165) is 59.2 Å². The van der Waals surface area contributed by atoms with Gasteiger partial charge in [-0.05, 0) is 36.6 Å². The summed E-state index contributed by atoms with van der Waals surface area (Å²) in [6.45, 7) is 0. The Morgan fingerprint density at radius 2 is 1.79 bits per heavy atom. The Morgan fingerprint density at radius 3 is 2.46 bits per heavy atom. The number of ketones is 1. The molecule has 3 N–H and O–H groups in total. The van der Waals surface area contributed by atoms with Crippen LogP contribution in [-0.4, -0.2) is 21.2 Å². The number of carbonyl (C=O) groups is 1. The molecular weight excluding hydrogens is 348 g/mol. The molecule has 3 aromatic rings. The Hall–Kier alpha value is -2.95. The molecule has 2 aromatic carbocycles. The van der Waals surface area contributed by atoms with E-state index in [1.54, 1.807) is 0 Å². The third-order valence-corrected chi connectivity index (χ3v) is 5.86. The molecule has 1 aliphatic carbocycles. The summed E-state index contributed by atoms with van der Waals surface area (Å²) in [5.41, 5.74) is 10.1. The number of hydrogen-bond acceptors (Lipinski definition) is 3. The van der Waals surface area contributed by atoms with E-state index in [1.807, 2.05) is 49.5 Å². The highest BCUT2D eigenvalue weighted by molar-refractivity contribution is 6.00. The number of nitrogens with one attached hydrogen (secondary N) is 1. The summed E-state index contributed by atoms with van der Waals surface area (Å²) in [7, 11) is 2.01. The smallest absolute Gasteiger partial charge is 0.166 e. The fourth-order valence-corrected chi connectivity index (χ4v) is 4.15. The van der Waals surface area contributed by atoms with Crippen molar-refractivity contribution in [1.29, 1.82) is 5.41 Å².